The maximum Gasteiger partial charge on any atom is 0.228 e. The van der Waals surface area contributed by atoms with Crippen LogP contribution >= 0.6 is 0 Å². The molecule has 0 aliphatic heterocycles. The van der Waals surface area contributed by atoms with Crippen LogP contribution in [0.25, 0.3) is 0 Å². The topological polar surface area (TPSA) is 55.1 Å². The van der Waals surface area contributed by atoms with Crippen molar-refractivity contribution in [1.29, 1.82) is 0 Å². The van der Waals surface area contributed by atoms with Gasteiger partial charge in [-0.25, -0.2) is 0 Å². The summed E-state index contributed by atoms with van der Waals surface area (Å²) in [6.45, 7) is 3.81. The number of carbonyl (C=O) groups is 1. The van der Waals surface area contributed by atoms with Gasteiger partial charge in [0.25, 0.3) is 0 Å². The second kappa shape index (κ2) is 5.31. The minimum Gasteiger partial charge on any atom is -0.338 e. The fourth-order valence-electron chi connectivity index (χ4n) is 1.45. The Balaban J connectivity index is 1.97. The molecule has 1 N–H and O–H groups in total. The zero-order valence-electron chi connectivity index (χ0n) is 10.3. The second-order valence-corrected chi connectivity index (χ2v) is 4.04. The third kappa shape index (κ3) is 3.07. The van der Waals surface area contributed by atoms with Gasteiger partial charge in [0.05, 0.1) is 5.69 Å². The largest absolute Gasteiger partial charge is 0.338 e. The maximum absolute atomic E-state index is 11.8. The zero-order valence-corrected chi connectivity index (χ0v) is 10.3. The molecular weight excluding hydrogens is 228 g/mol. The van der Waals surface area contributed by atoms with Gasteiger partial charge in [-0.15, -0.1) is 0 Å². The normalized spacial score (nSPS) is 10.8. The highest BCUT2D eigenvalue weighted by Crippen LogP contribution is 2.08. The Labute approximate surface area is 105 Å². The zero-order chi connectivity index (χ0) is 13.0. The van der Waals surface area contributed by atoms with Crippen molar-refractivity contribution in [2.75, 3.05) is 5.32 Å². The average Bonchev–Trinajstić information content (AvgIpc) is 2.76. The molecule has 0 saturated heterocycles. The molecule has 0 aliphatic rings. The first-order valence-corrected chi connectivity index (χ1v) is 5.62. The molecule has 2 aromatic rings. The molecule has 0 fully saturated rings. The molecule has 4 heteroatoms. The van der Waals surface area contributed by atoms with Crippen molar-refractivity contribution in [2.45, 2.75) is 13.8 Å². The number of allylic oxidation sites excluding steroid dienone is 1. The van der Waals surface area contributed by atoms with E-state index in [0.29, 0.717) is 11.4 Å². The third-order valence-electron chi connectivity index (χ3n) is 2.42. The fourth-order valence-corrected chi connectivity index (χ4v) is 1.45. The molecule has 0 saturated carbocycles. The van der Waals surface area contributed by atoms with E-state index in [1.807, 2.05) is 26.0 Å². The average molecular weight is 242 g/mol. The SMILES string of the molecule is Cc1ccc(C(=O)/C=C\Nc2cc(C)no2)cc1. The van der Waals surface area contributed by atoms with Gasteiger partial charge in [0.15, 0.2) is 5.78 Å². The number of carbonyl (C=O) groups excluding carboxylic acids is 1. The first kappa shape index (κ1) is 12.1. The Kier molecular flexibility index (Phi) is 3.57. The number of rotatable bonds is 4. The van der Waals surface area contributed by atoms with Gasteiger partial charge in [-0.3, -0.25) is 4.79 Å². The van der Waals surface area contributed by atoms with Crippen LogP contribution in [-0.2, 0) is 0 Å². The van der Waals surface area contributed by atoms with Gasteiger partial charge >= 0.3 is 0 Å². The molecule has 0 atom stereocenters. The predicted octanol–water partition coefficient (Wildman–Crippen LogP) is 3.10. The highest BCUT2D eigenvalue weighted by atomic mass is 16.5. The van der Waals surface area contributed by atoms with Gasteiger partial charge in [0.2, 0.25) is 5.88 Å². The summed E-state index contributed by atoms with van der Waals surface area (Å²) in [5.74, 6) is 0.458. The summed E-state index contributed by atoms with van der Waals surface area (Å²) in [6, 6.07) is 9.19. The molecule has 0 aliphatic carbocycles. The van der Waals surface area contributed by atoms with E-state index in [-0.39, 0.29) is 5.78 Å². The van der Waals surface area contributed by atoms with Crippen molar-refractivity contribution in [3.8, 4) is 0 Å². The van der Waals surface area contributed by atoms with Gasteiger partial charge in [0.1, 0.15) is 0 Å². The molecule has 2 rings (SSSR count). The minimum absolute atomic E-state index is 0.0567. The number of aryl methyl sites for hydroxylation is 2. The molecule has 0 unspecified atom stereocenters. The Morgan fingerprint density at radius 2 is 2.00 bits per heavy atom. The van der Waals surface area contributed by atoms with Crippen LogP contribution in [0.5, 0.6) is 0 Å². The summed E-state index contributed by atoms with van der Waals surface area (Å²) in [5.41, 5.74) is 2.58. The van der Waals surface area contributed by atoms with E-state index in [0.717, 1.165) is 11.3 Å². The Morgan fingerprint density at radius 1 is 1.28 bits per heavy atom. The summed E-state index contributed by atoms with van der Waals surface area (Å²) in [5, 5.41) is 6.57. The standard InChI is InChI=1S/C14H14N2O2/c1-10-3-5-12(6-4-10)13(17)7-8-15-14-9-11(2)16-18-14/h3-9,15H,1-2H3/b8-7-. The summed E-state index contributed by atoms with van der Waals surface area (Å²) in [6.07, 6.45) is 3.00. The molecule has 92 valence electrons. The Hall–Kier alpha value is -2.36. The maximum atomic E-state index is 11.8. The lowest BCUT2D eigenvalue weighted by Gasteiger charge is -1.96. The van der Waals surface area contributed by atoms with Crippen LogP contribution in [0.1, 0.15) is 21.6 Å². The number of nitrogens with one attached hydrogen (secondary N) is 1. The predicted molar refractivity (Wildman–Crippen MR) is 69.5 cm³/mol. The first-order valence-electron chi connectivity index (χ1n) is 5.62. The van der Waals surface area contributed by atoms with Crippen LogP contribution in [0.4, 0.5) is 5.88 Å². The number of aromatic nitrogens is 1. The van der Waals surface area contributed by atoms with Crippen molar-refractivity contribution >= 4 is 11.7 Å². The molecule has 0 radical (unpaired) electrons. The van der Waals surface area contributed by atoms with Gasteiger partial charge in [-0.1, -0.05) is 35.0 Å². The van der Waals surface area contributed by atoms with Crippen LogP contribution in [0, 0.1) is 13.8 Å². The van der Waals surface area contributed by atoms with Crippen LogP contribution in [0.2, 0.25) is 0 Å². The molecule has 1 aromatic heterocycles. The fraction of sp³-hybridized carbons (Fsp3) is 0.143. The van der Waals surface area contributed by atoms with E-state index in [1.54, 1.807) is 24.4 Å². The van der Waals surface area contributed by atoms with E-state index in [2.05, 4.69) is 10.5 Å². The van der Waals surface area contributed by atoms with Crippen LogP contribution in [-0.4, -0.2) is 10.9 Å². The first-order chi connectivity index (χ1) is 8.65. The van der Waals surface area contributed by atoms with Crippen molar-refractivity contribution in [3.63, 3.8) is 0 Å². The van der Waals surface area contributed by atoms with Crippen LogP contribution in [0.15, 0.2) is 47.1 Å². The molecule has 0 spiro atoms. The van der Waals surface area contributed by atoms with Crippen molar-refractivity contribution < 1.29 is 9.32 Å². The number of hydrogen-bond donors (Lipinski definition) is 1. The van der Waals surface area contributed by atoms with Crippen LogP contribution < -0.4 is 5.32 Å². The molecule has 0 amide bonds. The lowest BCUT2D eigenvalue weighted by atomic mass is 10.1. The molecule has 1 aromatic carbocycles. The van der Waals surface area contributed by atoms with Gasteiger partial charge in [-0.05, 0) is 13.8 Å². The van der Waals surface area contributed by atoms with E-state index < -0.39 is 0 Å². The highest BCUT2D eigenvalue weighted by molar-refractivity contribution is 6.04. The number of anilines is 1. The van der Waals surface area contributed by atoms with E-state index in [4.69, 9.17) is 4.52 Å². The van der Waals surface area contributed by atoms with Crippen molar-refractivity contribution in [2.24, 2.45) is 0 Å². The summed E-state index contributed by atoms with van der Waals surface area (Å²) < 4.78 is 4.94. The molecule has 0 bridgehead atoms. The third-order valence-corrected chi connectivity index (χ3v) is 2.42. The molecule has 4 nitrogen and oxygen atoms in total. The van der Waals surface area contributed by atoms with Gasteiger partial charge in [0, 0.05) is 23.9 Å². The van der Waals surface area contributed by atoms with Crippen LogP contribution in [0.3, 0.4) is 0 Å². The van der Waals surface area contributed by atoms with Crippen molar-refractivity contribution in [3.05, 3.63) is 59.4 Å². The Bertz CT molecular complexity index is 568. The minimum atomic E-state index is -0.0567. The quantitative estimate of drug-likeness (QED) is 0.661. The highest BCUT2D eigenvalue weighted by Gasteiger charge is 2.01. The number of hydrogen-bond acceptors (Lipinski definition) is 4. The summed E-state index contributed by atoms with van der Waals surface area (Å²) in [7, 11) is 0. The lowest BCUT2D eigenvalue weighted by Crippen LogP contribution is -1.95. The summed E-state index contributed by atoms with van der Waals surface area (Å²) >= 11 is 0. The monoisotopic (exact) mass is 242 g/mol. The molecular formula is C14H14N2O2. The van der Waals surface area contributed by atoms with Gasteiger partial charge < -0.3 is 9.84 Å². The van der Waals surface area contributed by atoms with E-state index >= 15 is 0 Å². The number of nitrogens with zero attached hydrogens (tertiary/aromatic N) is 1. The number of benzene rings is 1. The second-order valence-electron chi connectivity index (χ2n) is 4.04. The van der Waals surface area contributed by atoms with Gasteiger partial charge in [-0.2, -0.15) is 0 Å². The molecule has 18 heavy (non-hydrogen) atoms. The lowest BCUT2D eigenvalue weighted by molar-refractivity contribution is 0.104. The van der Waals surface area contributed by atoms with Crippen molar-refractivity contribution in [1.82, 2.24) is 5.16 Å². The van der Waals surface area contributed by atoms with E-state index in [1.165, 1.54) is 6.08 Å². The molecule has 1 heterocycles. The number of ketones is 1. The summed E-state index contributed by atoms with van der Waals surface area (Å²) in [4.78, 5) is 11.8. The smallest absolute Gasteiger partial charge is 0.228 e. The van der Waals surface area contributed by atoms with E-state index in [9.17, 15) is 4.79 Å². The Morgan fingerprint density at radius 3 is 2.61 bits per heavy atom.